The number of carbonyl (C=O) groups is 1. The van der Waals surface area contributed by atoms with Crippen molar-refractivity contribution in [3.63, 3.8) is 0 Å². The molecule has 0 atom stereocenters. The Morgan fingerprint density at radius 2 is 2.14 bits per heavy atom. The third-order valence-electron chi connectivity index (χ3n) is 3.80. The number of aromatic nitrogens is 2. The predicted molar refractivity (Wildman–Crippen MR) is 80.0 cm³/mol. The molecule has 116 valence electrons. The summed E-state index contributed by atoms with van der Waals surface area (Å²) in [4.78, 5) is 29.7. The first-order valence-electron chi connectivity index (χ1n) is 7.28. The molecular formula is C15H17FN4O2. The van der Waals surface area contributed by atoms with Crippen LogP contribution in [0.5, 0.6) is 0 Å². The van der Waals surface area contributed by atoms with Crippen molar-refractivity contribution in [2.24, 2.45) is 0 Å². The van der Waals surface area contributed by atoms with Crippen molar-refractivity contribution in [3.05, 3.63) is 40.7 Å². The Morgan fingerprint density at radius 1 is 1.27 bits per heavy atom. The molecule has 1 fully saturated rings. The Labute approximate surface area is 126 Å². The van der Waals surface area contributed by atoms with E-state index in [9.17, 15) is 14.0 Å². The van der Waals surface area contributed by atoms with Crippen molar-refractivity contribution in [1.29, 1.82) is 0 Å². The summed E-state index contributed by atoms with van der Waals surface area (Å²) < 4.78 is 15.1. The van der Waals surface area contributed by atoms with Gasteiger partial charge < -0.3 is 5.32 Å². The van der Waals surface area contributed by atoms with Crippen LogP contribution in [0, 0.1) is 5.82 Å². The fraction of sp³-hybridized carbons (Fsp3) is 0.400. The van der Waals surface area contributed by atoms with Gasteiger partial charge >= 0.3 is 0 Å². The third kappa shape index (κ3) is 2.99. The maximum Gasteiger partial charge on any atom is 0.261 e. The van der Waals surface area contributed by atoms with Gasteiger partial charge in [-0.1, -0.05) is 6.07 Å². The van der Waals surface area contributed by atoms with Crippen molar-refractivity contribution in [2.75, 3.05) is 26.2 Å². The van der Waals surface area contributed by atoms with Crippen LogP contribution >= 0.6 is 0 Å². The lowest BCUT2D eigenvalue weighted by molar-refractivity contribution is -0.124. The van der Waals surface area contributed by atoms with E-state index >= 15 is 0 Å². The van der Waals surface area contributed by atoms with Gasteiger partial charge in [0.25, 0.3) is 5.56 Å². The largest absolute Gasteiger partial charge is 0.354 e. The summed E-state index contributed by atoms with van der Waals surface area (Å²) >= 11 is 0. The smallest absolute Gasteiger partial charge is 0.261 e. The van der Waals surface area contributed by atoms with Gasteiger partial charge in [-0.05, 0) is 18.6 Å². The molecule has 0 saturated carbocycles. The van der Waals surface area contributed by atoms with Gasteiger partial charge in [0, 0.05) is 26.2 Å². The molecule has 0 aliphatic carbocycles. The van der Waals surface area contributed by atoms with Gasteiger partial charge in [0.2, 0.25) is 5.91 Å². The SMILES string of the molecule is O=C1CN(CCCn2cnc3c(F)cccc3c2=O)CCN1. The van der Waals surface area contributed by atoms with Crippen molar-refractivity contribution in [2.45, 2.75) is 13.0 Å². The van der Waals surface area contributed by atoms with Crippen molar-refractivity contribution < 1.29 is 9.18 Å². The zero-order chi connectivity index (χ0) is 15.5. The number of rotatable bonds is 4. The Balaban J connectivity index is 1.68. The molecule has 3 rings (SSSR count). The van der Waals surface area contributed by atoms with Crippen LogP contribution in [0.25, 0.3) is 10.9 Å². The van der Waals surface area contributed by atoms with Gasteiger partial charge in [-0.3, -0.25) is 19.1 Å². The molecule has 0 spiro atoms. The van der Waals surface area contributed by atoms with E-state index in [1.165, 1.54) is 23.0 Å². The first-order chi connectivity index (χ1) is 10.6. The third-order valence-corrected chi connectivity index (χ3v) is 3.80. The average Bonchev–Trinajstić information content (AvgIpc) is 2.50. The van der Waals surface area contributed by atoms with E-state index in [0.29, 0.717) is 25.0 Å². The van der Waals surface area contributed by atoms with Gasteiger partial charge in [0.1, 0.15) is 11.3 Å². The van der Waals surface area contributed by atoms with E-state index in [2.05, 4.69) is 15.2 Å². The Bertz CT molecular complexity index is 759. The van der Waals surface area contributed by atoms with Crippen molar-refractivity contribution in [3.8, 4) is 0 Å². The summed E-state index contributed by atoms with van der Waals surface area (Å²) in [6.07, 6.45) is 2.12. The van der Waals surface area contributed by atoms with Crippen LogP contribution in [-0.2, 0) is 11.3 Å². The minimum Gasteiger partial charge on any atom is -0.354 e. The fourth-order valence-electron chi connectivity index (χ4n) is 2.66. The van der Waals surface area contributed by atoms with E-state index in [1.54, 1.807) is 6.07 Å². The molecule has 2 heterocycles. The number of amides is 1. The van der Waals surface area contributed by atoms with Crippen LogP contribution in [0.2, 0.25) is 0 Å². The summed E-state index contributed by atoms with van der Waals surface area (Å²) in [5.41, 5.74) is -0.127. The lowest BCUT2D eigenvalue weighted by atomic mass is 10.2. The normalized spacial score (nSPS) is 16.0. The number of hydrogen-bond donors (Lipinski definition) is 1. The molecule has 6 nitrogen and oxygen atoms in total. The molecule has 0 radical (unpaired) electrons. The van der Waals surface area contributed by atoms with Crippen LogP contribution in [-0.4, -0.2) is 46.5 Å². The van der Waals surface area contributed by atoms with E-state index < -0.39 is 5.82 Å². The molecule has 1 amide bonds. The van der Waals surface area contributed by atoms with Crippen LogP contribution in [0.1, 0.15) is 6.42 Å². The van der Waals surface area contributed by atoms with Gasteiger partial charge in [0.15, 0.2) is 0 Å². The number of fused-ring (bicyclic) bond motifs is 1. The van der Waals surface area contributed by atoms with Gasteiger partial charge in [0.05, 0.1) is 18.3 Å². The van der Waals surface area contributed by atoms with Crippen LogP contribution in [0.3, 0.4) is 0 Å². The summed E-state index contributed by atoms with van der Waals surface area (Å²) in [6.45, 7) is 3.12. The monoisotopic (exact) mass is 304 g/mol. The Hall–Kier alpha value is -2.28. The van der Waals surface area contributed by atoms with E-state index in [0.717, 1.165) is 19.5 Å². The van der Waals surface area contributed by atoms with Gasteiger partial charge in [-0.25, -0.2) is 9.37 Å². The highest BCUT2D eigenvalue weighted by molar-refractivity contribution is 5.78. The summed E-state index contributed by atoms with van der Waals surface area (Å²) in [6, 6.07) is 4.39. The maximum absolute atomic E-state index is 13.6. The molecule has 0 unspecified atom stereocenters. The topological polar surface area (TPSA) is 67.2 Å². The van der Waals surface area contributed by atoms with E-state index in [-0.39, 0.29) is 17.0 Å². The zero-order valence-corrected chi connectivity index (χ0v) is 12.1. The molecule has 0 bridgehead atoms. The molecule has 1 aliphatic rings. The minimum absolute atomic E-state index is 0.0336. The lowest BCUT2D eigenvalue weighted by Gasteiger charge is -2.26. The molecule has 2 aromatic rings. The maximum atomic E-state index is 13.6. The standard InChI is InChI=1S/C15H17FN4O2/c16-12-4-1-3-11-14(12)18-10-20(15(11)22)7-2-6-19-8-5-17-13(21)9-19/h1,3-4,10H,2,5-9H2,(H,17,21). The molecule has 1 aromatic carbocycles. The van der Waals surface area contributed by atoms with Crippen LogP contribution < -0.4 is 10.9 Å². The molecule has 1 saturated heterocycles. The highest BCUT2D eigenvalue weighted by Crippen LogP contribution is 2.10. The van der Waals surface area contributed by atoms with Gasteiger partial charge in [-0.2, -0.15) is 0 Å². The number of nitrogens with one attached hydrogen (secondary N) is 1. The molecule has 1 N–H and O–H groups in total. The number of piperazine rings is 1. The number of carbonyl (C=O) groups excluding carboxylic acids is 1. The molecule has 1 aromatic heterocycles. The average molecular weight is 304 g/mol. The second-order valence-corrected chi connectivity index (χ2v) is 5.36. The molecule has 7 heteroatoms. The Kier molecular flexibility index (Phi) is 4.15. The number of aryl methyl sites for hydroxylation is 1. The quantitative estimate of drug-likeness (QED) is 0.885. The second kappa shape index (κ2) is 6.23. The summed E-state index contributed by atoms with van der Waals surface area (Å²) in [7, 11) is 0. The number of benzene rings is 1. The fourth-order valence-corrected chi connectivity index (χ4v) is 2.66. The lowest BCUT2D eigenvalue weighted by Crippen LogP contribution is -2.47. The minimum atomic E-state index is -0.485. The predicted octanol–water partition coefficient (Wildman–Crippen LogP) is 0.357. The van der Waals surface area contributed by atoms with Crippen LogP contribution in [0.15, 0.2) is 29.3 Å². The summed E-state index contributed by atoms with van der Waals surface area (Å²) in [5, 5.41) is 3.06. The van der Waals surface area contributed by atoms with Crippen molar-refractivity contribution in [1.82, 2.24) is 19.8 Å². The van der Waals surface area contributed by atoms with E-state index in [4.69, 9.17) is 0 Å². The highest BCUT2D eigenvalue weighted by atomic mass is 19.1. The first kappa shape index (κ1) is 14.6. The number of hydrogen-bond acceptors (Lipinski definition) is 4. The Morgan fingerprint density at radius 3 is 2.95 bits per heavy atom. The number of halogens is 1. The first-order valence-corrected chi connectivity index (χ1v) is 7.28. The van der Waals surface area contributed by atoms with Crippen molar-refractivity contribution >= 4 is 16.8 Å². The van der Waals surface area contributed by atoms with Crippen LogP contribution in [0.4, 0.5) is 4.39 Å². The van der Waals surface area contributed by atoms with E-state index in [1.807, 2.05) is 0 Å². The molecular weight excluding hydrogens is 287 g/mol. The molecule has 22 heavy (non-hydrogen) atoms. The molecule has 1 aliphatic heterocycles. The van der Waals surface area contributed by atoms with Gasteiger partial charge in [-0.15, -0.1) is 0 Å². The number of para-hydroxylation sites is 1. The summed E-state index contributed by atoms with van der Waals surface area (Å²) in [5.74, 6) is -0.452. The number of nitrogens with zero attached hydrogens (tertiary/aromatic N) is 3. The second-order valence-electron chi connectivity index (χ2n) is 5.36. The highest BCUT2D eigenvalue weighted by Gasteiger charge is 2.15. The zero-order valence-electron chi connectivity index (χ0n) is 12.1.